The number of carbonyl (C=O) groups is 1. The Hall–Kier alpha value is -0.840. The van der Waals surface area contributed by atoms with Crippen molar-refractivity contribution in [1.29, 1.82) is 0 Å². The molecule has 0 aromatic heterocycles. The maximum absolute atomic E-state index is 11.1. The van der Waals surface area contributed by atoms with Gasteiger partial charge in [-0.15, -0.1) is 0 Å². The van der Waals surface area contributed by atoms with E-state index in [1.165, 1.54) is 0 Å². The van der Waals surface area contributed by atoms with Gasteiger partial charge in [-0.05, 0) is 24.6 Å². The van der Waals surface area contributed by atoms with Crippen LogP contribution in [0.1, 0.15) is 33.6 Å². The Morgan fingerprint density at radius 1 is 1.47 bits per heavy atom. The molecule has 0 atom stereocenters. The average Bonchev–Trinajstić information content (AvgIpc) is 2.15. The number of thiocarbonyl (C=S) groups is 1. The average molecular weight is 232 g/mol. The number of unbranched alkanes of at least 4 members (excludes halogenated alkanes) is 1. The van der Waals surface area contributed by atoms with Gasteiger partial charge in [-0.25, -0.2) is 4.79 Å². The van der Waals surface area contributed by atoms with Crippen LogP contribution in [0, 0.1) is 5.92 Å². The summed E-state index contributed by atoms with van der Waals surface area (Å²) < 4.78 is 4.88. The predicted octanol–water partition coefficient (Wildman–Crippen LogP) is 2.04. The minimum atomic E-state index is -0.482. The molecule has 0 heterocycles. The van der Waals surface area contributed by atoms with Gasteiger partial charge in [0.25, 0.3) is 0 Å². The number of amides is 1. The number of carbonyl (C=O) groups excluding carboxylic acids is 1. The summed E-state index contributed by atoms with van der Waals surface area (Å²) in [5.41, 5.74) is 0. The van der Waals surface area contributed by atoms with Gasteiger partial charge in [0, 0.05) is 6.54 Å². The lowest BCUT2D eigenvalue weighted by Gasteiger charge is -2.11. The molecular formula is C10H20N2O2S. The number of hydrogen-bond acceptors (Lipinski definition) is 3. The van der Waals surface area contributed by atoms with Crippen LogP contribution in [0.3, 0.4) is 0 Å². The minimum Gasteiger partial charge on any atom is -0.449 e. The van der Waals surface area contributed by atoms with Crippen LogP contribution in [0.25, 0.3) is 0 Å². The van der Waals surface area contributed by atoms with Crippen molar-refractivity contribution in [3.63, 3.8) is 0 Å². The topological polar surface area (TPSA) is 50.4 Å². The summed E-state index contributed by atoms with van der Waals surface area (Å²) in [7, 11) is 0. The molecule has 0 aliphatic carbocycles. The molecule has 0 saturated heterocycles. The van der Waals surface area contributed by atoms with Gasteiger partial charge in [0.15, 0.2) is 5.11 Å². The van der Waals surface area contributed by atoms with Crippen molar-refractivity contribution < 1.29 is 9.53 Å². The van der Waals surface area contributed by atoms with Crippen molar-refractivity contribution in [2.24, 2.45) is 5.92 Å². The van der Waals surface area contributed by atoms with Crippen molar-refractivity contribution in [2.75, 3.05) is 13.2 Å². The van der Waals surface area contributed by atoms with E-state index in [1.54, 1.807) is 0 Å². The third-order valence-electron chi connectivity index (χ3n) is 1.62. The highest BCUT2D eigenvalue weighted by Gasteiger charge is 2.04. The van der Waals surface area contributed by atoms with Gasteiger partial charge in [-0.1, -0.05) is 27.2 Å². The Kier molecular flexibility index (Phi) is 7.99. The Balaban J connectivity index is 3.53. The zero-order valence-electron chi connectivity index (χ0n) is 9.63. The molecule has 1 amide bonds. The lowest BCUT2D eigenvalue weighted by molar-refractivity contribution is 0.150. The molecule has 0 radical (unpaired) electrons. The molecule has 0 aliphatic rings. The van der Waals surface area contributed by atoms with Crippen LogP contribution in [-0.2, 0) is 4.74 Å². The number of nitrogens with one attached hydrogen (secondary N) is 2. The summed E-state index contributed by atoms with van der Waals surface area (Å²) in [6.45, 7) is 7.35. The smallest absolute Gasteiger partial charge is 0.413 e. The zero-order chi connectivity index (χ0) is 11.7. The number of ether oxygens (including phenoxy) is 1. The fourth-order valence-corrected chi connectivity index (χ4v) is 0.946. The molecule has 0 aromatic rings. The summed E-state index contributed by atoms with van der Waals surface area (Å²) in [6.07, 6.45) is 1.40. The molecule has 0 rings (SSSR count). The standard InChI is InChI=1S/C10H20N2O2S/c1-4-5-6-14-10(13)12-9(15)11-7-8(2)3/h8H,4-7H2,1-3H3,(H2,11,12,13,15). The highest BCUT2D eigenvalue weighted by Crippen LogP contribution is 1.89. The maximum Gasteiger partial charge on any atom is 0.413 e. The minimum absolute atomic E-state index is 0.324. The van der Waals surface area contributed by atoms with Crippen molar-refractivity contribution >= 4 is 23.4 Å². The van der Waals surface area contributed by atoms with Crippen molar-refractivity contribution in [2.45, 2.75) is 33.6 Å². The number of alkyl carbamates (subject to hydrolysis) is 1. The largest absolute Gasteiger partial charge is 0.449 e. The second-order valence-corrected chi connectivity index (χ2v) is 4.13. The van der Waals surface area contributed by atoms with E-state index in [-0.39, 0.29) is 0 Å². The molecule has 0 bridgehead atoms. The van der Waals surface area contributed by atoms with E-state index in [9.17, 15) is 4.79 Å². The van der Waals surface area contributed by atoms with Gasteiger partial charge in [-0.3, -0.25) is 5.32 Å². The molecule has 2 N–H and O–H groups in total. The van der Waals surface area contributed by atoms with Crippen molar-refractivity contribution in [3.05, 3.63) is 0 Å². The summed E-state index contributed by atoms with van der Waals surface area (Å²) in [5, 5.41) is 5.70. The lowest BCUT2D eigenvalue weighted by Crippen LogP contribution is -2.40. The molecule has 5 heteroatoms. The van der Waals surface area contributed by atoms with Crippen LogP contribution in [0.2, 0.25) is 0 Å². The Morgan fingerprint density at radius 2 is 2.13 bits per heavy atom. The lowest BCUT2D eigenvalue weighted by atomic mass is 10.2. The van der Waals surface area contributed by atoms with Crippen LogP contribution < -0.4 is 10.6 Å². The van der Waals surface area contributed by atoms with Crippen LogP contribution in [0.15, 0.2) is 0 Å². The molecule has 0 saturated carbocycles. The first-order valence-corrected chi connectivity index (χ1v) is 5.68. The van der Waals surface area contributed by atoms with E-state index in [0.717, 1.165) is 19.4 Å². The Labute approximate surface area is 96.8 Å². The van der Waals surface area contributed by atoms with Gasteiger partial charge in [0.2, 0.25) is 0 Å². The molecule has 0 fully saturated rings. The molecule has 0 spiro atoms. The predicted molar refractivity (Wildman–Crippen MR) is 64.8 cm³/mol. The van der Waals surface area contributed by atoms with Gasteiger partial charge >= 0.3 is 6.09 Å². The zero-order valence-corrected chi connectivity index (χ0v) is 10.4. The monoisotopic (exact) mass is 232 g/mol. The first-order chi connectivity index (χ1) is 7.06. The fraction of sp³-hybridized carbons (Fsp3) is 0.800. The summed E-state index contributed by atoms with van der Waals surface area (Å²) in [5.74, 6) is 0.487. The molecule has 88 valence electrons. The van der Waals surface area contributed by atoms with Crippen molar-refractivity contribution in [3.8, 4) is 0 Å². The van der Waals surface area contributed by atoms with E-state index in [1.807, 2.05) is 6.92 Å². The molecular weight excluding hydrogens is 212 g/mol. The second kappa shape index (κ2) is 8.47. The maximum atomic E-state index is 11.1. The van der Waals surface area contributed by atoms with E-state index in [2.05, 4.69) is 24.5 Å². The summed E-state index contributed by atoms with van der Waals surface area (Å²) in [4.78, 5) is 11.1. The van der Waals surface area contributed by atoms with Crippen LogP contribution in [-0.4, -0.2) is 24.4 Å². The number of hydrogen-bond donors (Lipinski definition) is 2. The third kappa shape index (κ3) is 9.46. The summed E-state index contributed by atoms with van der Waals surface area (Å²) >= 11 is 4.90. The van der Waals surface area contributed by atoms with E-state index >= 15 is 0 Å². The second-order valence-electron chi connectivity index (χ2n) is 3.72. The highest BCUT2D eigenvalue weighted by atomic mass is 32.1. The van der Waals surface area contributed by atoms with Crippen molar-refractivity contribution in [1.82, 2.24) is 10.6 Å². The van der Waals surface area contributed by atoms with E-state index in [4.69, 9.17) is 17.0 Å². The highest BCUT2D eigenvalue weighted by molar-refractivity contribution is 7.80. The normalized spacial score (nSPS) is 9.87. The third-order valence-corrected chi connectivity index (χ3v) is 1.86. The fourth-order valence-electron chi connectivity index (χ4n) is 0.779. The molecule has 0 aromatic carbocycles. The quantitative estimate of drug-likeness (QED) is 0.562. The Morgan fingerprint density at radius 3 is 2.67 bits per heavy atom. The number of rotatable bonds is 5. The molecule has 0 aliphatic heterocycles. The molecule has 15 heavy (non-hydrogen) atoms. The van der Waals surface area contributed by atoms with Crippen LogP contribution in [0.4, 0.5) is 4.79 Å². The van der Waals surface area contributed by atoms with E-state index in [0.29, 0.717) is 17.6 Å². The van der Waals surface area contributed by atoms with Gasteiger partial charge in [0.1, 0.15) is 0 Å². The molecule has 4 nitrogen and oxygen atoms in total. The van der Waals surface area contributed by atoms with E-state index < -0.39 is 6.09 Å². The van der Waals surface area contributed by atoms with Crippen LogP contribution in [0.5, 0.6) is 0 Å². The SMILES string of the molecule is CCCCOC(=O)NC(=S)NCC(C)C. The van der Waals surface area contributed by atoms with Gasteiger partial charge in [-0.2, -0.15) is 0 Å². The summed E-state index contributed by atoms with van der Waals surface area (Å²) in [6, 6.07) is 0. The van der Waals surface area contributed by atoms with Crippen LogP contribution >= 0.6 is 12.2 Å². The first kappa shape index (κ1) is 14.2. The first-order valence-electron chi connectivity index (χ1n) is 5.27. The molecule has 0 unspecified atom stereocenters. The Bertz CT molecular complexity index is 208. The van der Waals surface area contributed by atoms with Gasteiger partial charge in [0.05, 0.1) is 6.61 Å². The van der Waals surface area contributed by atoms with Gasteiger partial charge < -0.3 is 10.1 Å².